The van der Waals surface area contributed by atoms with Crippen molar-refractivity contribution in [3.63, 3.8) is 0 Å². The Morgan fingerprint density at radius 2 is 2.30 bits per heavy atom. The monoisotopic (exact) mass is 299 g/mol. The molecule has 0 spiro atoms. The summed E-state index contributed by atoms with van der Waals surface area (Å²) < 4.78 is 5.30. The number of carbonyl (C=O) groups excluding carboxylic acids is 1. The highest BCUT2D eigenvalue weighted by Gasteiger charge is 2.28. The number of rotatable bonds is 2. The number of phenolic OH excluding ortho intramolecular Hbond substituents is 1. The molecule has 108 valence electrons. The van der Waals surface area contributed by atoms with E-state index in [1.54, 1.807) is 0 Å². The van der Waals surface area contributed by atoms with Crippen LogP contribution in [0.1, 0.15) is 10.4 Å². The Hall–Kier alpha value is -1.99. The summed E-state index contributed by atoms with van der Waals surface area (Å²) in [7, 11) is 0. The summed E-state index contributed by atoms with van der Waals surface area (Å²) in [5, 5.41) is 21.6. The van der Waals surface area contributed by atoms with Gasteiger partial charge in [0.2, 0.25) is 0 Å². The lowest BCUT2D eigenvalue weighted by atomic mass is 10.1. The van der Waals surface area contributed by atoms with Gasteiger partial charge in [-0.1, -0.05) is 16.8 Å². The maximum Gasteiger partial charge on any atom is 0.257 e. The molecule has 1 unspecified atom stereocenters. The molecule has 7 nitrogen and oxygen atoms in total. The van der Waals surface area contributed by atoms with Crippen LogP contribution in [0.5, 0.6) is 5.75 Å². The Kier molecular flexibility index (Phi) is 4.31. The van der Waals surface area contributed by atoms with E-state index in [0.29, 0.717) is 11.6 Å². The molecule has 2 rings (SSSR count). The molecule has 1 fully saturated rings. The Morgan fingerprint density at radius 1 is 1.55 bits per heavy atom. The van der Waals surface area contributed by atoms with Crippen LogP contribution in [0.15, 0.2) is 23.4 Å². The fourth-order valence-electron chi connectivity index (χ4n) is 1.93. The molecule has 1 aliphatic heterocycles. The number of nitrogens with zero attached hydrogens (tertiary/aromatic N) is 2. The SMILES string of the molecule is NC(=NO)C1CN(C(=O)c2ccc(Cl)cc2O)CCO1. The lowest BCUT2D eigenvalue weighted by Crippen LogP contribution is -2.50. The fraction of sp³-hybridized carbons (Fsp3) is 0.333. The van der Waals surface area contributed by atoms with Gasteiger partial charge in [-0.2, -0.15) is 0 Å². The van der Waals surface area contributed by atoms with E-state index >= 15 is 0 Å². The van der Waals surface area contributed by atoms with Crippen molar-refractivity contribution in [1.82, 2.24) is 4.90 Å². The minimum Gasteiger partial charge on any atom is -0.507 e. The number of hydrogen-bond acceptors (Lipinski definition) is 5. The Labute approximate surface area is 120 Å². The predicted octanol–water partition coefficient (Wildman–Crippen LogP) is 0.633. The van der Waals surface area contributed by atoms with Gasteiger partial charge in [-0.25, -0.2) is 0 Å². The zero-order chi connectivity index (χ0) is 14.7. The average molecular weight is 300 g/mol. The quantitative estimate of drug-likeness (QED) is 0.321. The number of benzene rings is 1. The molecule has 1 aromatic rings. The molecule has 1 atom stereocenters. The van der Waals surface area contributed by atoms with Crippen LogP contribution < -0.4 is 5.73 Å². The van der Waals surface area contributed by atoms with E-state index in [4.69, 9.17) is 27.3 Å². The standard InChI is InChI=1S/C12H14ClN3O4/c13-7-1-2-8(9(17)5-7)12(18)16-3-4-20-10(6-16)11(14)15-19/h1-2,5,10,17,19H,3-4,6H2,(H2,14,15). The number of amides is 1. The van der Waals surface area contributed by atoms with Crippen molar-refractivity contribution in [2.75, 3.05) is 19.7 Å². The number of morpholine rings is 1. The van der Waals surface area contributed by atoms with Crippen LogP contribution in [0.3, 0.4) is 0 Å². The van der Waals surface area contributed by atoms with E-state index < -0.39 is 6.10 Å². The number of hydrogen-bond donors (Lipinski definition) is 3. The molecule has 1 saturated heterocycles. The van der Waals surface area contributed by atoms with E-state index in [2.05, 4.69) is 5.16 Å². The minimum atomic E-state index is -0.660. The molecule has 1 amide bonds. The normalized spacial score (nSPS) is 19.9. The average Bonchev–Trinajstić information content (AvgIpc) is 2.46. The van der Waals surface area contributed by atoms with Gasteiger partial charge in [0.05, 0.1) is 18.7 Å². The summed E-state index contributed by atoms with van der Waals surface area (Å²) >= 11 is 5.73. The molecule has 0 saturated carbocycles. The first kappa shape index (κ1) is 14.4. The molecule has 0 bridgehead atoms. The summed E-state index contributed by atoms with van der Waals surface area (Å²) in [6.07, 6.45) is -0.660. The van der Waals surface area contributed by atoms with E-state index in [-0.39, 0.29) is 36.2 Å². The molecule has 20 heavy (non-hydrogen) atoms. The highest BCUT2D eigenvalue weighted by Crippen LogP contribution is 2.24. The first-order valence-corrected chi connectivity index (χ1v) is 6.27. The van der Waals surface area contributed by atoms with Gasteiger partial charge < -0.3 is 25.7 Å². The number of halogens is 1. The van der Waals surface area contributed by atoms with E-state index in [0.717, 1.165) is 0 Å². The molecule has 1 aliphatic rings. The van der Waals surface area contributed by atoms with Gasteiger partial charge in [0, 0.05) is 11.6 Å². The van der Waals surface area contributed by atoms with Crippen LogP contribution in [-0.4, -0.2) is 52.8 Å². The van der Waals surface area contributed by atoms with Gasteiger partial charge in [0.15, 0.2) is 5.84 Å². The Bertz CT molecular complexity index is 550. The number of aromatic hydroxyl groups is 1. The largest absolute Gasteiger partial charge is 0.507 e. The van der Waals surface area contributed by atoms with Gasteiger partial charge >= 0.3 is 0 Å². The van der Waals surface area contributed by atoms with Crippen molar-refractivity contribution in [1.29, 1.82) is 0 Å². The fourth-order valence-corrected chi connectivity index (χ4v) is 2.10. The van der Waals surface area contributed by atoms with Gasteiger partial charge in [-0.05, 0) is 18.2 Å². The summed E-state index contributed by atoms with van der Waals surface area (Å²) in [6, 6.07) is 4.28. The predicted molar refractivity (Wildman–Crippen MR) is 72.2 cm³/mol. The van der Waals surface area contributed by atoms with Gasteiger partial charge in [0.1, 0.15) is 11.9 Å². The van der Waals surface area contributed by atoms with Crippen molar-refractivity contribution < 1.29 is 19.8 Å². The number of carbonyl (C=O) groups is 1. The zero-order valence-corrected chi connectivity index (χ0v) is 11.2. The van der Waals surface area contributed by atoms with Gasteiger partial charge in [-0.15, -0.1) is 0 Å². The molecule has 8 heteroatoms. The summed E-state index contributed by atoms with van der Waals surface area (Å²) in [4.78, 5) is 13.8. The molecular weight excluding hydrogens is 286 g/mol. The summed E-state index contributed by atoms with van der Waals surface area (Å²) in [5.74, 6) is -0.643. The van der Waals surface area contributed by atoms with Crippen molar-refractivity contribution >= 4 is 23.3 Å². The highest BCUT2D eigenvalue weighted by atomic mass is 35.5. The second kappa shape index (κ2) is 5.98. The third-order valence-electron chi connectivity index (χ3n) is 2.99. The first-order valence-electron chi connectivity index (χ1n) is 5.89. The van der Waals surface area contributed by atoms with Gasteiger partial charge in [0.25, 0.3) is 5.91 Å². The smallest absolute Gasteiger partial charge is 0.257 e. The maximum absolute atomic E-state index is 12.3. The third kappa shape index (κ3) is 2.94. The molecule has 0 aliphatic carbocycles. The molecule has 0 aromatic heterocycles. The second-order valence-corrected chi connectivity index (χ2v) is 4.73. The summed E-state index contributed by atoms with van der Waals surface area (Å²) in [5.41, 5.74) is 5.62. The topological polar surface area (TPSA) is 108 Å². The minimum absolute atomic E-state index is 0.0946. The van der Waals surface area contributed by atoms with E-state index in [1.165, 1.54) is 23.1 Å². The van der Waals surface area contributed by atoms with Gasteiger partial charge in [-0.3, -0.25) is 4.79 Å². The molecule has 1 aromatic carbocycles. The van der Waals surface area contributed by atoms with Crippen LogP contribution in [-0.2, 0) is 4.74 Å². The van der Waals surface area contributed by atoms with Crippen molar-refractivity contribution in [2.24, 2.45) is 10.9 Å². The number of phenols is 1. The number of nitrogens with two attached hydrogens (primary N) is 1. The molecular formula is C12H14ClN3O4. The van der Waals surface area contributed by atoms with Crippen LogP contribution in [0.4, 0.5) is 0 Å². The lowest BCUT2D eigenvalue weighted by molar-refractivity contribution is 0.00663. The van der Waals surface area contributed by atoms with Crippen molar-refractivity contribution in [2.45, 2.75) is 6.10 Å². The first-order chi connectivity index (χ1) is 9.52. The Balaban J connectivity index is 2.16. The molecule has 4 N–H and O–H groups in total. The molecule has 0 radical (unpaired) electrons. The van der Waals surface area contributed by atoms with Crippen LogP contribution in [0.25, 0.3) is 0 Å². The van der Waals surface area contributed by atoms with Crippen LogP contribution in [0.2, 0.25) is 5.02 Å². The van der Waals surface area contributed by atoms with Crippen molar-refractivity contribution in [3.8, 4) is 5.75 Å². The number of amidine groups is 1. The highest BCUT2D eigenvalue weighted by molar-refractivity contribution is 6.30. The Morgan fingerprint density at radius 3 is 2.95 bits per heavy atom. The summed E-state index contributed by atoms with van der Waals surface area (Å²) in [6.45, 7) is 0.772. The second-order valence-electron chi connectivity index (χ2n) is 4.30. The van der Waals surface area contributed by atoms with Crippen LogP contribution >= 0.6 is 11.6 Å². The van der Waals surface area contributed by atoms with Crippen molar-refractivity contribution in [3.05, 3.63) is 28.8 Å². The lowest BCUT2D eigenvalue weighted by Gasteiger charge is -2.32. The molecule has 1 heterocycles. The van der Waals surface area contributed by atoms with E-state index in [9.17, 15) is 9.90 Å². The maximum atomic E-state index is 12.3. The van der Waals surface area contributed by atoms with E-state index in [1.807, 2.05) is 0 Å². The third-order valence-corrected chi connectivity index (χ3v) is 3.22. The number of ether oxygens (including phenoxy) is 1. The zero-order valence-electron chi connectivity index (χ0n) is 10.5. The number of oxime groups is 1. The van der Waals surface area contributed by atoms with Crippen LogP contribution in [0, 0.1) is 0 Å².